The maximum Gasteiger partial charge on any atom is 0.417 e. The van der Waals surface area contributed by atoms with Gasteiger partial charge in [-0.2, -0.15) is 26.3 Å². The molecule has 0 atom stereocenters. The Balaban J connectivity index is 3.02. The number of benzene rings is 1. The standard InChI is InChI=1S/C12H10F6N2S/c1-4(2)7-8(12(16,17)18)5(11(13,14)15)3-6-9(7)21-10(19)20-6/h3-4H,1-2H3,(H2,19,20). The van der Waals surface area contributed by atoms with Crippen LogP contribution in [-0.4, -0.2) is 4.98 Å². The van der Waals surface area contributed by atoms with Crippen LogP contribution in [0.5, 0.6) is 0 Å². The highest BCUT2D eigenvalue weighted by molar-refractivity contribution is 7.22. The Morgan fingerprint density at radius 3 is 2.10 bits per heavy atom. The van der Waals surface area contributed by atoms with Gasteiger partial charge in [0.2, 0.25) is 0 Å². The van der Waals surface area contributed by atoms with E-state index >= 15 is 0 Å². The molecule has 0 aliphatic heterocycles. The first-order chi connectivity index (χ1) is 9.43. The van der Waals surface area contributed by atoms with E-state index in [0.717, 1.165) is 11.3 Å². The normalized spacial score (nSPS) is 13.4. The van der Waals surface area contributed by atoms with Gasteiger partial charge in [-0.15, -0.1) is 0 Å². The van der Waals surface area contributed by atoms with Crippen LogP contribution in [0.2, 0.25) is 0 Å². The first-order valence-corrected chi connectivity index (χ1v) is 6.62. The highest BCUT2D eigenvalue weighted by Gasteiger charge is 2.46. The zero-order valence-electron chi connectivity index (χ0n) is 10.9. The van der Waals surface area contributed by atoms with Crippen molar-refractivity contribution in [3.8, 4) is 0 Å². The molecule has 0 amide bonds. The third kappa shape index (κ3) is 2.78. The minimum absolute atomic E-state index is 0.0443. The largest absolute Gasteiger partial charge is 0.417 e. The molecule has 0 saturated carbocycles. The van der Waals surface area contributed by atoms with Crippen LogP contribution in [0.1, 0.15) is 36.5 Å². The van der Waals surface area contributed by atoms with Crippen LogP contribution in [0.3, 0.4) is 0 Å². The van der Waals surface area contributed by atoms with E-state index in [1.165, 1.54) is 13.8 Å². The quantitative estimate of drug-likeness (QED) is 0.745. The Bertz CT molecular complexity index is 684. The van der Waals surface area contributed by atoms with Crippen molar-refractivity contribution < 1.29 is 26.3 Å². The first kappa shape index (κ1) is 15.9. The van der Waals surface area contributed by atoms with Crippen molar-refractivity contribution in [1.29, 1.82) is 0 Å². The zero-order chi connectivity index (χ0) is 16.2. The van der Waals surface area contributed by atoms with Crippen LogP contribution in [0, 0.1) is 0 Å². The number of hydrogen-bond donors (Lipinski definition) is 1. The monoisotopic (exact) mass is 328 g/mol. The lowest BCUT2D eigenvalue weighted by atomic mass is 9.92. The van der Waals surface area contributed by atoms with Crippen LogP contribution in [0.25, 0.3) is 10.2 Å². The summed E-state index contributed by atoms with van der Waals surface area (Å²) in [6, 6.07) is 0.414. The topological polar surface area (TPSA) is 38.9 Å². The number of aromatic nitrogens is 1. The average Bonchev–Trinajstić information content (AvgIpc) is 2.63. The molecule has 2 aromatic rings. The van der Waals surface area contributed by atoms with Gasteiger partial charge in [-0.05, 0) is 17.5 Å². The number of alkyl halides is 6. The fourth-order valence-corrected chi connectivity index (χ4v) is 3.20. The lowest BCUT2D eigenvalue weighted by Gasteiger charge is -2.21. The number of anilines is 1. The van der Waals surface area contributed by atoms with Gasteiger partial charge in [0.05, 0.1) is 21.3 Å². The molecule has 2 rings (SSSR count). The second-order valence-corrected chi connectivity index (χ2v) is 5.79. The highest BCUT2D eigenvalue weighted by atomic mass is 32.1. The fraction of sp³-hybridized carbons (Fsp3) is 0.417. The Kier molecular flexibility index (Phi) is 3.59. The maximum absolute atomic E-state index is 13.2. The summed E-state index contributed by atoms with van der Waals surface area (Å²) in [5.41, 5.74) is 1.47. The Labute approximate surface area is 119 Å². The lowest BCUT2D eigenvalue weighted by molar-refractivity contribution is -0.162. The molecule has 9 heteroatoms. The van der Waals surface area contributed by atoms with Crippen LogP contribution in [-0.2, 0) is 12.4 Å². The number of nitrogens with two attached hydrogens (primary N) is 1. The second-order valence-electron chi connectivity index (χ2n) is 4.76. The summed E-state index contributed by atoms with van der Waals surface area (Å²) >= 11 is 0.756. The number of thiazole rings is 1. The molecule has 0 bridgehead atoms. The molecule has 2 nitrogen and oxygen atoms in total. The van der Waals surface area contributed by atoms with Gasteiger partial charge < -0.3 is 5.73 Å². The minimum Gasteiger partial charge on any atom is -0.375 e. The molecule has 116 valence electrons. The molecule has 0 spiro atoms. The predicted molar refractivity (Wildman–Crippen MR) is 68.1 cm³/mol. The summed E-state index contributed by atoms with van der Waals surface area (Å²) in [6.45, 7) is 2.81. The average molecular weight is 328 g/mol. The van der Waals surface area contributed by atoms with Crippen LogP contribution < -0.4 is 5.73 Å². The number of nitrogen functional groups attached to an aromatic ring is 1. The molecular formula is C12H10F6N2S. The first-order valence-electron chi connectivity index (χ1n) is 5.80. The van der Waals surface area contributed by atoms with Crippen molar-refractivity contribution in [3.05, 3.63) is 22.8 Å². The smallest absolute Gasteiger partial charge is 0.375 e. The predicted octanol–water partition coefficient (Wildman–Crippen LogP) is 5.04. The summed E-state index contributed by atoms with van der Waals surface area (Å²) in [5, 5.41) is -0.0700. The SMILES string of the molecule is CC(C)c1c(C(F)(F)F)c(C(F)(F)F)cc2nc(N)sc12. The highest BCUT2D eigenvalue weighted by Crippen LogP contribution is 2.47. The molecule has 21 heavy (non-hydrogen) atoms. The van der Waals surface area contributed by atoms with Gasteiger partial charge in [0, 0.05) is 0 Å². The third-order valence-electron chi connectivity index (χ3n) is 2.90. The number of hydrogen-bond acceptors (Lipinski definition) is 3. The minimum atomic E-state index is -5.12. The van der Waals surface area contributed by atoms with E-state index < -0.39 is 35.0 Å². The molecule has 0 fully saturated rings. The lowest BCUT2D eigenvalue weighted by Crippen LogP contribution is -2.19. The van der Waals surface area contributed by atoms with Gasteiger partial charge in [0.1, 0.15) is 0 Å². The summed E-state index contributed by atoms with van der Waals surface area (Å²) in [4.78, 5) is 3.68. The molecule has 1 aromatic carbocycles. The van der Waals surface area contributed by atoms with Crippen molar-refractivity contribution >= 4 is 26.7 Å². The van der Waals surface area contributed by atoms with Crippen LogP contribution in [0.15, 0.2) is 6.07 Å². The molecule has 0 aliphatic rings. The summed E-state index contributed by atoms with van der Waals surface area (Å²) < 4.78 is 78.6. The number of rotatable bonds is 1. The summed E-state index contributed by atoms with van der Waals surface area (Å²) in [7, 11) is 0. The molecule has 1 aromatic heterocycles. The molecule has 0 saturated heterocycles. The Hall–Kier alpha value is -1.51. The molecular weight excluding hydrogens is 318 g/mol. The van der Waals surface area contributed by atoms with Crippen molar-refractivity contribution in [2.75, 3.05) is 5.73 Å². The third-order valence-corrected chi connectivity index (χ3v) is 3.83. The zero-order valence-corrected chi connectivity index (χ0v) is 11.7. The maximum atomic E-state index is 13.2. The van der Waals surface area contributed by atoms with E-state index in [-0.39, 0.29) is 15.3 Å². The van der Waals surface area contributed by atoms with E-state index in [2.05, 4.69) is 4.98 Å². The van der Waals surface area contributed by atoms with E-state index in [4.69, 9.17) is 5.73 Å². The Morgan fingerprint density at radius 1 is 1.10 bits per heavy atom. The summed E-state index contributed by atoms with van der Waals surface area (Å²) in [6.07, 6.45) is -10.2. The fourth-order valence-electron chi connectivity index (χ4n) is 2.19. The van der Waals surface area contributed by atoms with E-state index in [9.17, 15) is 26.3 Å². The van der Waals surface area contributed by atoms with Gasteiger partial charge in [-0.1, -0.05) is 25.2 Å². The van der Waals surface area contributed by atoms with Gasteiger partial charge in [-0.25, -0.2) is 4.98 Å². The summed E-state index contributed by atoms with van der Waals surface area (Å²) in [5.74, 6) is -0.758. The van der Waals surface area contributed by atoms with Crippen molar-refractivity contribution in [3.63, 3.8) is 0 Å². The Morgan fingerprint density at radius 2 is 1.67 bits per heavy atom. The molecule has 0 radical (unpaired) electrons. The molecule has 2 N–H and O–H groups in total. The van der Waals surface area contributed by atoms with Crippen LogP contribution >= 0.6 is 11.3 Å². The van der Waals surface area contributed by atoms with E-state index in [0.29, 0.717) is 6.07 Å². The molecule has 0 aliphatic carbocycles. The molecule has 1 heterocycles. The number of halogens is 6. The van der Waals surface area contributed by atoms with Crippen LogP contribution in [0.4, 0.5) is 31.5 Å². The van der Waals surface area contributed by atoms with Crippen molar-refractivity contribution in [2.24, 2.45) is 0 Å². The van der Waals surface area contributed by atoms with E-state index in [1.54, 1.807) is 0 Å². The molecule has 0 unspecified atom stereocenters. The van der Waals surface area contributed by atoms with Crippen molar-refractivity contribution in [1.82, 2.24) is 4.98 Å². The van der Waals surface area contributed by atoms with Gasteiger partial charge in [0.15, 0.2) is 5.13 Å². The number of nitrogens with zero attached hydrogens (tertiary/aromatic N) is 1. The van der Waals surface area contributed by atoms with E-state index in [1.807, 2.05) is 0 Å². The van der Waals surface area contributed by atoms with Gasteiger partial charge >= 0.3 is 12.4 Å². The van der Waals surface area contributed by atoms with Crippen molar-refractivity contribution in [2.45, 2.75) is 32.1 Å². The second kappa shape index (κ2) is 4.75. The van der Waals surface area contributed by atoms with Gasteiger partial charge in [0.25, 0.3) is 0 Å². The number of fused-ring (bicyclic) bond motifs is 1. The van der Waals surface area contributed by atoms with Gasteiger partial charge in [-0.3, -0.25) is 0 Å².